The molecule has 9 heteroatoms. The summed E-state index contributed by atoms with van der Waals surface area (Å²) in [5.74, 6) is -2.19. The van der Waals surface area contributed by atoms with Crippen LogP contribution >= 0.6 is 11.3 Å². The van der Waals surface area contributed by atoms with Gasteiger partial charge in [-0.05, 0) is 36.9 Å². The third kappa shape index (κ3) is 4.82. The molecule has 158 valence electrons. The van der Waals surface area contributed by atoms with Crippen molar-refractivity contribution in [2.24, 2.45) is 4.99 Å². The Morgan fingerprint density at radius 1 is 1.32 bits per heavy atom. The Bertz CT molecular complexity index is 1140. The monoisotopic (exact) mass is 438 g/mol. The lowest BCUT2D eigenvalue weighted by atomic mass is 9.82. The summed E-state index contributed by atoms with van der Waals surface area (Å²) in [4.78, 5) is 8.11. The highest BCUT2D eigenvalue weighted by Crippen LogP contribution is 2.41. The number of aliphatic imine (C=N–C) groups is 1. The Kier molecular flexibility index (Phi) is 6.84. The first-order valence-electron chi connectivity index (χ1n) is 9.20. The molecule has 6 nitrogen and oxygen atoms in total. The predicted molar refractivity (Wildman–Crippen MR) is 116 cm³/mol. The van der Waals surface area contributed by atoms with E-state index >= 15 is 0 Å². The van der Waals surface area contributed by atoms with Crippen LogP contribution in [0.4, 0.5) is 8.78 Å². The van der Waals surface area contributed by atoms with E-state index in [-0.39, 0.29) is 12.1 Å². The van der Waals surface area contributed by atoms with Gasteiger partial charge in [0, 0.05) is 28.8 Å². The first kappa shape index (κ1) is 22.2. The van der Waals surface area contributed by atoms with Gasteiger partial charge in [0.2, 0.25) is 0 Å². The van der Waals surface area contributed by atoms with Crippen LogP contribution in [0.3, 0.4) is 0 Å². The molecule has 0 saturated carbocycles. The topological polar surface area (TPSA) is 107 Å². The largest absolute Gasteiger partial charge is 0.468 e. The standard InChI is InChI=1S/C22H18F2N5OS/c1-14(21-29-20(10-31-21)16-4-2-15(9-25)3-5-16)22(30,11-27-13-28-12-26)18-8-17(23)6-7-19(18)24/h2-8,10,12-14,30H,11H2,1H3,(H-,26,27,28)/q-1/t14-,22+/m0/s1. The van der Waals surface area contributed by atoms with Crippen molar-refractivity contribution in [3.05, 3.63) is 80.9 Å². The summed E-state index contributed by atoms with van der Waals surface area (Å²) in [6.45, 7) is 1.35. The molecule has 2 aromatic carbocycles. The van der Waals surface area contributed by atoms with Crippen molar-refractivity contribution in [2.45, 2.75) is 18.4 Å². The number of hydrogen-bond donors (Lipinski definition) is 2. The van der Waals surface area contributed by atoms with Gasteiger partial charge in [0.1, 0.15) is 17.2 Å². The van der Waals surface area contributed by atoms with Crippen LogP contribution in [0.25, 0.3) is 16.6 Å². The third-order valence-electron chi connectivity index (χ3n) is 4.87. The first-order valence-corrected chi connectivity index (χ1v) is 10.1. The Morgan fingerprint density at radius 3 is 2.74 bits per heavy atom. The Labute approximate surface area is 182 Å². The normalized spacial score (nSPS) is 14.0. The van der Waals surface area contributed by atoms with Crippen LogP contribution < -0.4 is 0 Å². The highest BCUT2D eigenvalue weighted by atomic mass is 32.1. The van der Waals surface area contributed by atoms with E-state index in [1.54, 1.807) is 36.6 Å². The van der Waals surface area contributed by atoms with Gasteiger partial charge in [-0.3, -0.25) is 0 Å². The molecule has 3 rings (SSSR count). The van der Waals surface area contributed by atoms with E-state index in [2.05, 4.69) is 21.4 Å². The average Bonchev–Trinajstić information content (AvgIpc) is 3.28. The minimum absolute atomic E-state index is 0.234. The van der Waals surface area contributed by atoms with Gasteiger partial charge in [-0.1, -0.05) is 19.1 Å². The number of benzene rings is 2. The van der Waals surface area contributed by atoms with Gasteiger partial charge in [-0.2, -0.15) is 5.26 Å². The molecule has 0 unspecified atom stereocenters. The van der Waals surface area contributed by atoms with Crippen molar-refractivity contribution in [2.75, 3.05) is 6.54 Å². The summed E-state index contributed by atoms with van der Waals surface area (Å²) in [5, 5.41) is 33.6. The predicted octanol–water partition coefficient (Wildman–Crippen LogP) is 4.96. The molecule has 1 heterocycles. The lowest BCUT2D eigenvalue weighted by molar-refractivity contribution is 0.0248. The van der Waals surface area contributed by atoms with E-state index < -0.39 is 23.2 Å². The lowest BCUT2D eigenvalue weighted by Gasteiger charge is -2.36. The zero-order chi connectivity index (χ0) is 22.4. The summed E-state index contributed by atoms with van der Waals surface area (Å²) >= 11 is 1.27. The minimum Gasteiger partial charge on any atom is -0.468 e. The quantitative estimate of drug-likeness (QED) is 0.383. The number of rotatable bonds is 8. The van der Waals surface area contributed by atoms with Crippen LogP contribution in [0.2, 0.25) is 0 Å². The minimum atomic E-state index is -1.90. The number of aliphatic hydroxyl groups is 1. The van der Waals surface area contributed by atoms with Crippen LogP contribution in [0, 0.1) is 28.4 Å². The van der Waals surface area contributed by atoms with Gasteiger partial charge in [0.15, 0.2) is 0 Å². The maximum atomic E-state index is 14.6. The van der Waals surface area contributed by atoms with Crippen LogP contribution in [0.1, 0.15) is 29.0 Å². The molecule has 0 amide bonds. The van der Waals surface area contributed by atoms with Gasteiger partial charge in [0.05, 0.1) is 22.3 Å². The second-order valence-electron chi connectivity index (χ2n) is 6.76. The molecule has 1 aromatic heterocycles. The molecule has 0 aliphatic carbocycles. The summed E-state index contributed by atoms with van der Waals surface area (Å²) in [7, 11) is 0. The van der Waals surface area contributed by atoms with E-state index in [1.165, 1.54) is 11.3 Å². The second kappa shape index (κ2) is 9.55. The van der Waals surface area contributed by atoms with Gasteiger partial charge in [-0.25, -0.2) is 13.8 Å². The third-order valence-corrected chi connectivity index (χ3v) is 5.90. The molecule has 0 bridgehead atoms. The highest BCUT2D eigenvalue weighted by Gasteiger charge is 2.39. The fraction of sp³-hybridized carbons (Fsp3) is 0.182. The van der Waals surface area contributed by atoms with Crippen molar-refractivity contribution >= 4 is 24.0 Å². The fourth-order valence-corrected chi connectivity index (χ4v) is 4.06. The zero-order valence-electron chi connectivity index (χ0n) is 16.5. The second-order valence-corrected chi connectivity index (χ2v) is 7.65. The molecule has 2 N–H and O–H groups in total. The molecular weight excluding hydrogens is 420 g/mol. The molecule has 0 spiro atoms. The van der Waals surface area contributed by atoms with Crippen molar-refractivity contribution in [1.29, 1.82) is 10.7 Å². The number of thiazole rings is 1. The maximum absolute atomic E-state index is 14.6. The van der Waals surface area contributed by atoms with E-state index in [0.29, 0.717) is 16.3 Å². The average molecular weight is 438 g/mol. The summed E-state index contributed by atoms with van der Waals surface area (Å²) in [5.41, 5.74) is -0.184. The fourth-order valence-electron chi connectivity index (χ4n) is 3.08. The van der Waals surface area contributed by atoms with E-state index in [4.69, 9.17) is 10.7 Å². The Morgan fingerprint density at radius 2 is 2.06 bits per heavy atom. The van der Waals surface area contributed by atoms with Gasteiger partial charge < -0.3 is 20.8 Å². The molecule has 2 atom stereocenters. The summed E-state index contributed by atoms with van der Waals surface area (Å²) in [6.07, 6.45) is 1.85. The van der Waals surface area contributed by atoms with Crippen LogP contribution in [0.5, 0.6) is 0 Å². The van der Waals surface area contributed by atoms with Crippen LogP contribution in [-0.2, 0) is 5.60 Å². The van der Waals surface area contributed by atoms with E-state index in [1.807, 2.05) is 0 Å². The van der Waals surface area contributed by atoms with Crippen LogP contribution in [0.15, 0.2) is 52.8 Å². The van der Waals surface area contributed by atoms with Crippen molar-refractivity contribution in [3.8, 4) is 17.3 Å². The maximum Gasteiger partial charge on any atom is 0.129 e. The molecule has 0 saturated heterocycles. The van der Waals surface area contributed by atoms with Crippen molar-refractivity contribution in [1.82, 2.24) is 4.98 Å². The Balaban J connectivity index is 1.98. The van der Waals surface area contributed by atoms with Gasteiger partial charge in [-0.15, -0.1) is 17.7 Å². The first-order chi connectivity index (χ1) is 14.9. The number of nitriles is 1. The lowest BCUT2D eigenvalue weighted by Crippen LogP contribution is -2.37. The summed E-state index contributed by atoms with van der Waals surface area (Å²) < 4.78 is 28.4. The number of nitrogens with zero attached hydrogens (tertiary/aromatic N) is 4. The number of hydrogen-bond acceptors (Lipinski definition) is 5. The molecule has 0 aliphatic rings. The number of aromatic nitrogens is 1. The molecule has 0 fully saturated rings. The van der Waals surface area contributed by atoms with Crippen LogP contribution in [-0.4, -0.2) is 29.3 Å². The zero-order valence-corrected chi connectivity index (χ0v) is 17.3. The molecule has 0 aliphatic heterocycles. The van der Waals surface area contributed by atoms with Crippen molar-refractivity contribution in [3.63, 3.8) is 0 Å². The highest BCUT2D eigenvalue weighted by molar-refractivity contribution is 7.10. The van der Waals surface area contributed by atoms with Crippen molar-refractivity contribution < 1.29 is 13.9 Å². The van der Waals surface area contributed by atoms with Gasteiger partial charge >= 0.3 is 0 Å². The molecular formula is C22H18F2N5OS-. The number of halogens is 2. The van der Waals surface area contributed by atoms with E-state index in [9.17, 15) is 13.9 Å². The SMILES string of the molecule is C[C@@H](c1nc(-c2ccc(C#N)cc2)cs1)[C@](O)(C[N-]C=NC=N)c1cc(F)ccc1F. The molecule has 0 radical (unpaired) electrons. The molecule has 3 aromatic rings. The Hall–Kier alpha value is -3.48. The molecule has 31 heavy (non-hydrogen) atoms. The smallest absolute Gasteiger partial charge is 0.129 e. The van der Waals surface area contributed by atoms with E-state index in [0.717, 1.165) is 36.4 Å². The van der Waals surface area contributed by atoms with Gasteiger partial charge in [0.25, 0.3) is 0 Å². The number of nitrogens with one attached hydrogen (secondary N) is 1. The summed E-state index contributed by atoms with van der Waals surface area (Å²) in [6, 6.07) is 11.8.